The number of fused-ring (bicyclic) bond motifs is 1. The van der Waals surface area contributed by atoms with Crippen LogP contribution >= 0.6 is 15.9 Å². The zero-order valence-corrected chi connectivity index (χ0v) is 12.0. The molecule has 0 atom stereocenters. The molecular weight excluding hydrogens is 340 g/mol. The van der Waals surface area contributed by atoms with Gasteiger partial charge in [0.2, 0.25) is 5.89 Å². The van der Waals surface area contributed by atoms with Crippen LogP contribution in [0, 0.1) is 10.1 Å². The van der Waals surface area contributed by atoms with Crippen LogP contribution in [0.15, 0.2) is 56.1 Å². The van der Waals surface area contributed by atoms with Crippen LogP contribution in [0.4, 0.5) is 5.69 Å². The van der Waals surface area contributed by atoms with Gasteiger partial charge in [-0.1, -0.05) is 22.0 Å². The van der Waals surface area contributed by atoms with Gasteiger partial charge >= 0.3 is 5.63 Å². The van der Waals surface area contributed by atoms with E-state index in [0.29, 0.717) is 16.5 Å². The molecule has 0 spiro atoms. The average Bonchev–Trinajstić information content (AvgIpc) is 2.48. The Bertz CT molecular complexity index is 920. The van der Waals surface area contributed by atoms with E-state index in [2.05, 4.69) is 20.9 Å². The summed E-state index contributed by atoms with van der Waals surface area (Å²) in [5.41, 5.74) is 0.220. The van der Waals surface area contributed by atoms with Gasteiger partial charge in [-0.2, -0.15) is 0 Å². The van der Waals surface area contributed by atoms with E-state index in [-0.39, 0.29) is 11.6 Å². The molecule has 1 aromatic heterocycles. The quantitative estimate of drug-likeness (QED) is 0.523. The minimum Gasteiger partial charge on any atom is -0.403 e. The number of non-ortho nitro benzene ring substituents is 1. The number of benzene rings is 2. The maximum absolute atomic E-state index is 12.0. The Morgan fingerprint density at radius 2 is 2.00 bits per heavy atom. The van der Waals surface area contributed by atoms with Crippen LogP contribution in [-0.4, -0.2) is 9.91 Å². The molecule has 0 saturated carbocycles. The third kappa shape index (κ3) is 2.55. The second-order valence-electron chi connectivity index (χ2n) is 4.28. The molecule has 0 radical (unpaired) electrons. The van der Waals surface area contributed by atoms with Gasteiger partial charge in [0.05, 0.1) is 15.8 Å². The fourth-order valence-electron chi connectivity index (χ4n) is 1.92. The Balaban J connectivity index is 2.22. The van der Waals surface area contributed by atoms with Gasteiger partial charge < -0.3 is 4.42 Å². The van der Waals surface area contributed by atoms with Gasteiger partial charge in [-0.05, 0) is 24.3 Å². The van der Waals surface area contributed by atoms with E-state index in [1.165, 1.54) is 18.2 Å². The van der Waals surface area contributed by atoms with E-state index < -0.39 is 10.5 Å². The summed E-state index contributed by atoms with van der Waals surface area (Å²) in [6, 6.07) is 10.8. The third-order valence-electron chi connectivity index (χ3n) is 2.89. The predicted molar refractivity (Wildman–Crippen MR) is 80.1 cm³/mol. The highest BCUT2D eigenvalue weighted by atomic mass is 79.9. The summed E-state index contributed by atoms with van der Waals surface area (Å²) >= 11 is 3.27. The highest BCUT2D eigenvalue weighted by Crippen LogP contribution is 2.23. The SMILES string of the molecule is O=c1oc(-c2cccc([N+](=O)[O-])c2)nc2ccc(Br)cc12. The van der Waals surface area contributed by atoms with Crippen LogP contribution in [0.3, 0.4) is 0 Å². The summed E-state index contributed by atoms with van der Waals surface area (Å²) in [5, 5.41) is 11.1. The van der Waals surface area contributed by atoms with Gasteiger partial charge in [0.15, 0.2) is 0 Å². The molecule has 3 rings (SSSR count). The van der Waals surface area contributed by atoms with Crippen molar-refractivity contribution in [3.8, 4) is 11.5 Å². The van der Waals surface area contributed by atoms with Crippen molar-refractivity contribution in [3.05, 3.63) is 67.5 Å². The zero-order valence-electron chi connectivity index (χ0n) is 10.4. The van der Waals surface area contributed by atoms with Crippen LogP contribution in [-0.2, 0) is 0 Å². The van der Waals surface area contributed by atoms with Crippen molar-refractivity contribution in [1.82, 2.24) is 4.98 Å². The number of hydrogen-bond acceptors (Lipinski definition) is 5. The van der Waals surface area contributed by atoms with Crippen LogP contribution in [0.1, 0.15) is 0 Å². The van der Waals surface area contributed by atoms with Gasteiger partial charge in [-0.3, -0.25) is 10.1 Å². The smallest absolute Gasteiger partial charge is 0.347 e. The fourth-order valence-corrected chi connectivity index (χ4v) is 2.28. The Morgan fingerprint density at radius 1 is 1.19 bits per heavy atom. The normalized spacial score (nSPS) is 10.7. The standard InChI is InChI=1S/C14H7BrN2O4/c15-9-4-5-12-11(7-9)14(18)21-13(16-12)8-2-1-3-10(6-8)17(19)20/h1-7H. The van der Waals surface area contributed by atoms with Crippen molar-refractivity contribution in [3.63, 3.8) is 0 Å². The first-order valence-corrected chi connectivity index (χ1v) is 6.69. The highest BCUT2D eigenvalue weighted by molar-refractivity contribution is 9.10. The van der Waals surface area contributed by atoms with Crippen molar-refractivity contribution < 1.29 is 9.34 Å². The maximum Gasteiger partial charge on any atom is 0.347 e. The summed E-state index contributed by atoms with van der Waals surface area (Å²) in [6.07, 6.45) is 0. The minimum atomic E-state index is -0.539. The molecular formula is C14H7BrN2O4. The summed E-state index contributed by atoms with van der Waals surface area (Å²) in [4.78, 5) is 26.5. The molecule has 7 heteroatoms. The van der Waals surface area contributed by atoms with Crippen molar-refractivity contribution in [2.45, 2.75) is 0 Å². The van der Waals surface area contributed by atoms with Crippen LogP contribution in [0.2, 0.25) is 0 Å². The van der Waals surface area contributed by atoms with Crippen LogP contribution in [0.5, 0.6) is 0 Å². The number of aromatic nitrogens is 1. The molecule has 0 unspecified atom stereocenters. The summed E-state index contributed by atoms with van der Waals surface area (Å²) in [7, 11) is 0. The van der Waals surface area contributed by atoms with Crippen molar-refractivity contribution in [1.29, 1.82) is 0 Å². The van der Waals surface area contributed by atoms with E-state index in [0.717, 1.165) is 4.47 Å². The Morgan fingerprint density at radius 3 is 2.76 bits per heavy atom. The number of nitro groups is 1. The van der Waals surface area contributed by atoms with Gasteiger partial charge in [0.25, 0.3) is 5.69 Å². The molecule has 0 fully saturated rings. The second-order valence-corrected chi connectivity index (χ2v) is 5.19. The molecule has 0 aliphatic rings. The van der Waals surface area contributed by atoms with Crippen molar-refractivity contribution in [2.75, 3.05) is 0 Å². The zero-order chi connectivity index (χ0) is 15.0. The fraction of sp³-hybridized carbons (Fsp3) is 0. The molecule has 6 nitrogen and oxygen atoms in total. The average molecular weight is 347 g/mol. The molecule has 1 heterocycles. The molecule has 0 N–H and O–H groups in total. The van der Waals surface area contributed by atoms with Crippen molar-refractivity contribution in [2.24, 2.45) is 0 Å². The van der Waals surface area contributed by atoms with Crippen LogP contribution in [0.25, 0.3) is 22.4 Å². The molecule has 104 valence electrons. The Labute approximate surface area is 126 Å². The lowest BCUT2D eigenvalue weighted by Gasteiger charge is -2.02. The van der Waals surface area contributed by atoms with Crippen molar-refractivity contribution >= 4 is 32.5 Å². The molecule has 0 aliphatic heterocycles. The predicted octanol–water partition coefficient (Wildman–Crippen LogP) is 3.53. The molecule has 2 aromatic carbocycles. The highest BCUT2D eigenvalue weighted by Gasteiger charge is 2.12. The van der Waals surface area contributed by atoms with E-state index >= 15 is 0 Å². The lowest BCUT2D eigenvalue weighted by atomic mass is 10.2. The number of halogens is 1. The summed E-state index contributed by atoms with van der Waals surface area (Å²) in [5.74, 6) is 0.0542. The molecule has 0 bridgehead atoms. The monoisotopic (exact) mass is 346 g/mol. The van der Waals surface area contributed by atoms with E-state index in [1.807, 2.05) is 0 Å². The second kappa shape index (κ2) is 5.10. The minimum absolute atomic E-state index is 0.0542. The first kappa shape index (κ1) is 13.4. The molecule has 21 heavy (non-hydrogen) atoms. The van der Waals surface area contributed by atoms with E-state index in [1.54, 1.807) is 24.3 Å². The molecule has 3 aromatic rings. The number of rotatable bonds is 2. The lowest BCUT2D eigenvalue weighted by Crippen LogP contribution is -2.03. The Kier molecular flexibility index (Phi) is 3.26. The van der Waals surface area contributed by atoms with Gasteiger partial charge in [-0.15, -0.1) is 0 Å². The number of nitrogens with zero attached hydrogens (tertiary/aromatic N) is 2. The van der Waals surface area contributed by atoms with Gasteiger partial charge in [0.1, 0.15) is 0 Å². The number of nitro benzene ring substituents is 1. The summed E-state index contributed by atoms with van der Waals surface area (Å²) < 4.78 is 5.90. The largest absolute Gasteiger partial charge is 0.403 e. The number of hydrogen-bond donors (Lipinski definition) is 0. The third-order valence-corrected chi connectivity index (χ3v) is 3.39. The van der Waals surface area contributed by atoms with Gasteiger partial charge in [0, 0.05) is 22.2 Å². The molecule has 0 amide bonds. The Hall–Kier alpha value is -2.54. The lowest BCUT2D eigenvalue weighted by molar-refractivity contribution is -0.384. The van der Waals surface area contributed by atoms with Gasteiger partial charge in [-0.25, -0.2) is 9.78 Å². The van der Waals surface area contributed by atoms with Crippen LogP contribution < -0.4 is 5.63 Å². The van der Waals surface area contributed by atoms with E-state index in [9.17, 15) is 14.9 Å². The summed E-state index contributed by atoms with van der Waals surface area (Å²) in [6.45, 7) is 0. The molecule has 0 aliphatic carbocycles. The first-order chi connectivity index (χ1) is 10.0. The maximum atomic E-state index is 12.0. The molecule has 0 saturated heterocycles. The topological polar surface area (TPSA) is 86.2 Å². The first-order valence-electron chi connectivity index (χ1n) is 5.90. The van der Waals surface area contributed by atoms with E-state index in [4.69, 9.17) is 4.42 Å².